The molecule has 0 bridgehead atoms. The van der Waals surface area contributed by atoms with E-state index < -0.39 is 0 Å². The Balaban J connectivity index is 2.02. The normalized spacial score (nSPS) is 30.8. The third-order valence-electron chi connectivity index (χ3n) is 3.61. The fourth-order valence-electron chi connectivity index (χ4n) is 2.51. The molecule has 0 aliphatic carbocycles. The Bertz CT molecular complexity index is 328. The molecule has 1 aliphatic rings. The summed E-state index contributed by atoms with van der Waals surface area (Å²) < 4.78 is 0. The van der Waals surface area contributed by atoms with E-state index in [1.54, 1.807) is 0 Å². The van der Waals surface area contributed by atoms with Gasteiger partial charge in [-0.15, -0.1) is 0 Å². The second kappa shape index (κ2) is 4.95. The summed E-state index contributed by atoms with van der Waals surface area (Å²) in [5.74, 6) is 0.212. The van der Waals surface area contributed by atoms with Gasteiger partial charge in [-0.25, -0.2) is 0 Å². The Morgan fingerprint density at radius 1 is 1.38 bits per heavy atom. The smallest absolute Gasteiger partial charge is 0.0722 e. The molecule has 1 aromatic carbocycles. The highest BCUT2D eigenvalue weighted by molar-refractivity contribution is 5.15. The molecule has 0 aromatic heterocycles. The summed E-state index contributed by atoms with van der Waals surface area (Å²) in [7, 11) is 0. The highest BCUT2D eigenvalue weighted by Crippen LogP contribution is 2.25. The number of rotatable bonds is 3. The van der Waals surface area contributed by atoms with Crippen LogP contribution >= 0.6 is 0 Å². The molecule has 3 heteroatoms. The second-order valence-corrected chi connectivity index (χ2v) is 4.62. The summed E-state index contributed by atoms with van der Waals surface area (Å²) in [6.07, 6.45) is -0.274. The molecule has 1 saturated heterocycles. The molecule has 1 aliphatic heterocycles. The van der Waals surface area contributed by atoms with Crippen molar-refractivity contribution in [1.82, 2.24) is 4.90 Å². The van der Waals surface area contributed by atoms with Crippen LogP contribution in [0.5, 0.6) is 0 Å². The van der Waals surface area contributed by atoms with Crippen molar-refractivity contribution in [3.8, 4) is 0 Å². The van der Waals surface area contributed by atoms with Crippen molar-refractivity contribution in [3.63, 3.8) is 0 Å². The Morgan fingerprint density at radius 3 is 2.62 bits per heavy atom. The average Bonchev–Trinajstić information content (AvgIpc) is 2.55. The van der Waals surface area contributed by atoms with Gasteiger partial charge in [-0.1, -0.05) is 30.3 Å². The van der Waals surface area contributed by atoms with E-state index in [4.69, 9.17) is 5.73 Å². The first-order chi connectivity index (χ1) is 7.72. The van der Waals surface area contributed by atoms with E-state index in [9.17, 15) is 5.11 Å². The van der Waals surface area contributed by atoms with Gasteiger partial charge in [0.2, 0.25) is 0 Å². The van der Waals surface area contributed by atoms with Gasteiger partial charge in [0.1, 0.15) is 0 Å². The van der Waals surface area contributed by atoms with E-state index in [-0.39, 0.29) is 12.0 Å². The number of β-amino-alcohol motifs (C(OH)–C–C–N with tert-alkyl or cyclic N) is 1. The predicted molar refractivity (Wildman–Crippen MR) is 64.9 cm³/mol. The fourth-order valence-corrected chi connectivity index (χ4v) is 2.51. The van der Waals surface area contributed by atoms with Crippen LogP contribution in [0.25, 0.3) is 0 Å². The summed E-state index contributed by atoms with van der Waals surface area (Å²) >= 11 is 0. The van der Waals surface area contributed by atoms with Crippen LogP contribution in [-0.4, -0.2) is 35.2 Å². The Labute approximate surface area is 96.9 Å². The minimum atomic E-state index is -0.274. The highest BCUT2D eigenvalue weighted by atomic mass is 16.3. The van der Waals surface area contributed by atoms with Crippen LogP contribution < -0.4 is 5.73 Å². The van der Waals surface area contributed by atoms with Crippen molar-refractivity contribution < 1.29 is 5.11 Å². The molecule has 2 rings (SSSR count). The lowest BCUT2D eigenvalue weighted by Gasteiger charge is -2.23. The van der Waals surface area contributed by atoms with Gasteiger partial charge in [-0.3, -0.25) is 4.90 Å². The van der Waals surface area contributed by atoms with Gasteiger partial charge < -0.3 is 10.8 Å². The third kappa shape index (κ3) is 2.26. The number of likely N-dealkylation sites (tertiary alicyclic amines) is 1. The largest absolute Gasteiger partial charge is 0.391 e. The zero-order chi connectivity index (χ0) is 11.5. The molecule has 3 unspecified atom stereocenters. The molecule has 0 radical (unpaired) electrons. The number of aliphatic hydroxyl groups is 1. The third-order valence-corrected chi connectivity index (χ3v) is 3.61. The van der Waals surface area contributed by atoms with Crippen LogP contribution in [0, 0.1) is 5.92 Å². The Morgan fingerprint density at radius 2 is 2.06 bits per heavy atom. The van der Waals surface area contributed by atoms with Gasteiger partial charge in [0.25, 0.3) is 0 Å². The lowest BCUT2D eigenvalue weighted by Crippen LogP contribution is -2.33. The maximum atomic E-state index is 9.89. The monoisotopic (exact) mass is 220 g/mol. The van der Waals surface area contributed by atoms with Crippen LogP contribution in [-0.2, 0) is 6.54 Å². The number of nitrogens with zero attached hydrogens (tertiary/aromatic N) is 1. The molecule has 1 heterocycles. The number of aliphatic hydroxyl groups excluding tert-OH is 1. The van der Waals surface area contributed by atoms with Gasteiger partial charge in [0.05, 0.1) is 6.10 Å². The van der Waals surface area contributed by atoms with Crippen LogP contribution in [0.15, 0.2) is 30.3 Å². The summed E-state index contributed by atoms with van der Waals surface area (Å²) in [6.45, 7) is 4.35. The molecule has 0 amide bonds. The zero-order valence-corrected chi connectivity index (χ0v) is 9.71. The molecule has 3 N–H and O–H groups in total. The van der Waals surface area contributed by atoms with Crippen LogP contribution in [0.4, 0.5) is 0 Å². The van der Waals surface area contributed by atoms with E-state index in [1.165, 1.54) is 5.56 Å². The van der Waals surface area contributed by atoms with E-state index in [0.717, 1.165) is 13.1 Å². The maximum absolute atomic E-state index is 9.89. The number of hydrogen-bond acceptors (Lipinski definition) is 3. The van der Waals surface area contributed by atoms with Crippen molar-refractivity contribution in [2.45, 2.75) is 25.6 Å². The first kappa shape index (κ1) is 11.6. The van der Waals surface area contributed by atoms with Gasteiger partial charge in [0.15, 0.2) is 0 Å². The van der Waals surface area contributed by atoms with Crippen LogP contribution in [0.3, 0.4) is 0 Å². The topological polar surface area (TPSA) is 49.5 Å². The summed E-state index contributed by atoms with van der Waals surface area (Å²) in [4.78, 5) is 2.30. The lowest BCUT2D eigenvalue weighted by molar-refractivity contribution is 0.142. The maximum Gasteiger partial charge on any atom is 0.0722 e. The molecular formula is C13H20N2O. The van der Waals surface area contributed by atoms with Crippen molar-refractivity contribution >= 4 is 0 Å². The van der Waals surface area contributed by atoms with E-state index in [2.05, 4.69) is 24.0 Å². The van der Waals surface area contributed by atoms with Crippen molar-refractivity contribution in [2.75, 3.05) is 13.1 Å². The fraction of sp³-hybridized carbons (Fsp3) is 0.538. The quantitative estimate of drug-likeness (QED) is 0.793. The van der Waals surface area contributed by atoms with Gasteiger partial charge in [0, 0.05) is 25.0 Å². The molecule has 1 fully saturated rings. The summed E-state index contributed by atoms with van der Waals surface area (Å²) in [6, 6.07) is 10.7. The molecule has 3 nitrogen and oxygen atoms in total. The lowest BCUT2D eigenvalue weighted by atomic mass is 10.00. The van der Waals surface area contributed by atoms with E-state index in [1.807, 2.05) is 18.2 Å². The standard InChI is InChI=1S/C13H20N2O/c1-10-12(7-14)13(16)9-15(10)8-11-5-3-2-4-6-11/h2-6,10,12-13,16H,7-9,14H2,1H3. The number of nitrogens with two attached hydrogens (primary N) is 1. The van der Waals surface area contributed by atoms with Crippen molar-refractivity contribution in [3.05, 3.63) is 35.9 Å². The number of hydrogen-bond donors (Lipinski definition) is 2. The highest BCUT2D eigenvalue weighted by Gasteiger charge is 2.36. The van der Waals surface area contributed by atoms with Gasteiger partial charge in [-0.2, -0.15) is 0 Å². The van der Waals surface area contributed by atoms with E-state index in [0.29, 0.717) is 12.6 Å². The molecular weight excluding hydrogens is 200 g/mol. The van der Waals surface area contributed by atoms with Crippen LogP contribution in [0.1, 0.15) is 12.5 Å². The van der Waals surface area contributed by atoms with Crippen molar-refractivity contribution in [2.24, 2.45) is 11.7 Å². The summed E-state index contributed by atoms with van der Waals surface area (Å²) in [5, 5.41) is 9.89. The minimum Gasteiger partial charge on any atom is -0.391 e. The zero-order valence-electron chi connectivity index (χ0n) is 9.71. The molecule has 3 atom stereocenters. The molecule has 0 spiro atoms. The SMILES string of the molecule is CC1C(CN)C(O)CN1Cc1ccccc1. The summed E-state index contributed by atoms with van der Waals surface area (Å²) in [5.41, 5.74) is 6.97. The Hall–Kier alpha value is -0.900. The number of benzene rings is 1. The van der Waals surface area contributed by atoms with Crippen LogP contribution in [0.2, 0.25) is 0 Å². The molecule has 16 heavy (non-hydrogen) atoms. The van der Waals surface area contributed by atoms with Gasteiger partial charge in [-0.05, 0) is 19.0 Å². The Kier molecular flexibility index (Phi) is 3.59. The predicted octanol–water partition coefficient (Wildman–Crippen LogP) is 0.827. The van der Waals surface area contributed by atoms with E-state index >= 15 is 0 Å². The first-order valence-electron chi connectivity index (χ1n) is 5.88. The average molecular weight is 220 g/mol. The van der Waals surface area contributed by atoms with Crippen molar-refractivity contribution in [1.29, 1.82) is 0 Å². The molecule has 1 aromatic rings. The van der Waals surface area contributed by atoms with Gasteiger partial charge >= 0.3 is 0 Å². The second-order valence-electron chi connectivity index (χ2n) is 4.62. The molecule has 88 valence electrons. The molecule has 0 saturated carbocycles. The first-order valence-corrected chi connectivity index (χ1v) is 5.88. The minimum absolute atomic E-state index is 0.212.